The van der Waals surface area contributed by atoms with Crippen LogP contribution in [0.15, 0.2) is 53.2 Å². The van der Waals surface area contributed by atoms with Gasteiger partial charge in [-0.25, -0.2) is 9.67 Å². The molecule has 148 valence electrons. The van der Waals surface area contributed by atoms with Gasteiger partial charge in [0, 0.05) is 5.69 Å². The van der Waals surface area contributed by atoms with Crippen molar-refractivity contribution in [1.82, 2.24) is 24.5 Å². The van der Waals surface area contributed by atoms with Crippen LogP contribution in [0.3, 0.4) is 0 Å². The lowest BCUT2D eigenvalue weighted by Crippen LogP contribution is -2.13. The summed E-state index contributed by atoms with van der Waals surface area (Å²) in [7, 11) is 0. The first-order chi connectivity index (χ1) is 14.0. The highest BCUT2D eigenvalue weighted by Gasteiger charge is 2.14. The van der Waals surface area contributed by atoms with Crippen molar-refractivity contribution < 1.29 is 9.21 Å². The molecule has 0 radical (unpaired) electrons. The zero-order chi connectivity index (χ0) is 20.4. The molecule has 1 N–H and O–H groups in total. The number of carbonyl (C=O) groups excluding carboxylic acids is 1. The molecule has 29 heavy (non-hydrogen) atoms. The summed E-state index contributed by atoms with van der Waals surface area (Å²) in [6.45, 7) is 7.02. The quantitative estimate of drug-likeness (QED) is 0.545. The maximum Gasteiger partial charge on any atom is 0.293 e. The lowest BCUT2D eigenvalue weighted by Gasteiger charge is -2.02. The Morgan fingerprint density at radius 1 is 1.07 bits per heavy atom. The van der Waals surface area contributed by atoms with Crippen LogP contribution in [0.2, 0.25) is 0 Å². The van der Waals surface area contributed by atoms with Gasteiger partial charge in [0.15, 0.2) is 5.76 Å². The molecule has 1 amide bonds. The van der Waals surface area contributed by atoms with Crippen LogP contribution in [0.25, 0.3) is 0 Å². The number of nitrogens with zero attached hydrogens (tertiary/aromatic N) is 5. The SMILES string of the molecule is Cc1cccc(Cn2cnc(NC(=O)c3ccc(Cn4nc(C)cc4C)o3)n2)c1. The molecule has 3 aromatic heterocycles. The summed E-state index contributed by atoms with van der Waals surface area (Å²) in [5, 5.41) is 11.4. The number of hydrogen-bond donors (Lipinski definition) is 1. The van der Waals surface area contributed by atoms with Crippen molar-refractivity contribution in [3.63, 3.8) is 0 Å². The number of furan rings is 1. The van der Waals surface area contributed by atoms with Crippen LogP contribution in [0.1, 0.15) is 38.8 Å². The summed E-state index contributed by atoms with van der Waals surface area (Å²) in [5.74, 6) is 0.702. The normalized spacial score (nSPS) is 11.0. The first kappa shape index (κ1) is 18.7. The molecule has 0 fully saturated rings. The molecule has 0 atom stereocenters. The molecule has 8 nitrogen and oxygen atoms in total. The fourth-order valence-electron chi connectivity index (χ4n) is 3.16. The third kappa shape index (κ3) is 4.43. The molecule has 8 heteroatoms. The Labute approximate surface area is 168 Å². The minimum atomic E-state index is -0.391. The van der Waals surface area contributed by atoms with E-state index in [0.717, 1.165) is 17.0 Å². The molecular weight excluding hydrogens is 368 g/mol. The molecule has 0 aliphatic rings. The standard InChI is InChI=1S/C21H22N6O2/c1-14-5-4-6-17(9-14)11-26-13-22-21(25-26)23-20(28)19-8-7-18(29-19)12-27-16(3)10-15(2)24-27/h4-10,13H,11-12H2,1-3H3,(H,23,25,28). The van der Waals surface area contributed by atoms with Gasteiger partial charge in [-0.3, -0.25) is 14.8 Å². The zero-order valence-corrected chi connectivity index (χ0v) is 16.6. The second kappa shape index (κ2) is 7.75. The summed E-state index contributed by atoms with van der Waals surface area (Å²) in [4.78, 5) is 16.6. The first-order valence-corrected chi connectivity index (χ1v) is 9.32. The molecule has 0 aliphatic carbocycles. The topological polar surface area (TPSA) is 90.8 Å². The number of aryl methyl sites for hydroxylation is 3. The van der Waals surface area contributed by atoms with Gasteiger partial charge in [-0.2, -0.15) is 5.10 Å². The third-order valence-electron chi connectivity index (χ3n) is 4.48. The Morgan fingerprint density at radius 3 is 2.69 bits per heavy atom. The molecule has 0 spiro atoms. The van der Waals surface area contributed by atoms with Gasteiger partial charge in [0.05, 0.1) is 18.8 Å². The van der Waals surface area contributed by atoms with Crippen LogP contribution in [-0.2, 0) is 13.1 Å². The maximum atomic E-state index is 12.4. The van der Waals surface area contributed by atoms with Crippen LogP contribution in [-0.4, -0.2) is 30.5 Å². The number of aromatic nitrogens is 5. The Balaban J connectivity index is 1.39. The van der Waals surface area contributed by atoms with Gasteiger partial charge in [0.2, 0.25) is 5.95 Å². The molecule has 4 aromatic rings. The summed E-state index contributed by atoms with van der Waals surface area (Å²) < 4.78 is 9.19. The van der Waals surface area contributed by atoms with Crippen molar-refractivity contribution in [1.29, 1.82) is 0 Å². The van der Waals surface area contributed by atoms with E-state index < -0.39 is 5.91 Å². The molecule has 1 aromatic carbocycles. The average molecular weight is 390 g/mol. The van der Waals surface area contributed by atoms with Crippen LogP contribution in [0, 0.1) is 20.8 Å². The van der Waals surface area contributed by atoms with Crippen molar-refractivity contribution in [3.05, 3.63) is 82.8 Å². The van der Waals surface area contributed by atoms with Crippen LogP contribution < -0.4 is 5.32 Å². The van der Waals surface area contributed by atoms with Gasteiger partial charge in [-0.1, -0.05) is 29.8 Å². The number of amides is 1. The Morgan fingerprint density at radius 2 is 1.93 bits per heavy atom. The molecule has 0 bridgehead atoms. The largest absolute Gasteiger partial charge is 0.454 e. The van der Waals surface area contributed by atoms with Crippen molar-refractivity contribution in [2.24, 2.45) is 0 Å². The fraction of sp³-hybridized carbons (Fsp3) is 0.238. The van der Waals surface area contributed by atoms with Gasteiger partial charge in [0.1, 0.15) is 12.1 Å². The Hall–Kier alpha value is -3.68. The van der Waals surface area contributed by atoms with E-state index in [1.807, 2.05) is 49.7 Å². The molecule has 0 unspecified atom stereocenters. The minimum absolute atomic E-state index is 0.205. The fourth-order valence-corrected chi connectivity index (χ4v) is 3.16. The predicted octanol–water partition coefficient (Wildman–Crippen LogP) is 3.34. The van der Waals surface area contributed by atoms with Crippen molar-refractivity contribution >= 4 is 11.9 Å². The zero-order valence-electron chi connectivity index (χ0n) is 16.6. The van der Waals surface area contributed by atoms with E-state index in [9.17, 15) is 4.79 Å². The van der Waals surface area contributed by atoms with Crippen LogP contribution >= 0.6 is 0 Å². The number of hydrogen-bond acceptors (Lipinski definition) is 5. The van der Waals surface area contributed by atoms with Crippen LogP contribution in [0.4, 0.5) is 5.95 Å². The van der Waals surface area contributed by atoms with E-state index in [4.69, 9.17) is 4.42 Å². The van der Waals surface area contributed by atoms with E-state index in [0.29, 0.717) is 18.8 Å². The Kier molecular flexibility index (Phi) is 4.99. The lowest BCUT2D eigenvalue weighted by atomic mass is 10.1. The summed E-state index contributed by atoms with van der Waals surface area (Å²) >= 11 is 0. The molecular formula is C21H22N6O2. The predicted molar refractivity (Wildman–Crippen MR) is 108 cm³/mol. The molecule has 4 rings (SSSR count). The third-order valence-corrected chi connectivity index (χ3v) is 4.48. The van der Waals surface area contributed by atoms with Crippen molar-refractivity contribution in [2.45, 2.75) is 33.9 Å². The second-order valence-electron chi connectivity index (χ2n) is 7.06. The highest BCUT2D eigenvalue weighted by atomic mass is 16.4. The van der Waals surface area contributed by atoms with Crippen molar-refractivity contribution in [2.75, 3.05) is 5.32 Å². The number of nitrogens with one attached hydrogen (secondary N) is 1. The number of carbonyl (C=O) groups is 1. The smallest absolute Gasteiger partial charge is 0.293 e. The monoisotopic (exact) mass is 390 g/mol. The highest BCUT2D eigenvalue weighted by Crippen LogP contribution is 2.13. The van der Waals surface area contributed by atoms with Gasteiger partial charge >= 0.3 is 0 Å². The number of anilines is 1. The average Bonchev–Trinajstić information content (AvgIpc) is 3.37. The number of benzene rings is 1. The van der Waals surface area contributed by atoms with E-state index in [1.165, 1.54) is 5.56 Å². The van der Waals surface area contributed by atoms with Gasteiger partial charge in [-0.15, -0.1) is 5.10 Å². The summed E-state index contributed by atoms with van der Waals surface area (Å²) in [6.07, 6.45) is 1.59. The van der Waals surface area contributed by atoms with E-state index in [1.54, 1.807) is 23.1 Å². The minimum Gasteiger partial charge on any atom is -0.454 e. The number of rotatable bonds is 6. The van der Waals surface area contributed by atoms with Gasteiger partial charge in [0.25, 0.3) is 5.91 Å². The highest BCUT2D eigenvalue weighted by molar-refractivity contribution is 6.01. The second-order valence-corrected chi connectivity index (χ2v) is 7.06. The van der Waals surface area contributed by atoms with Crippen LogP contribution in [0.5, 0.6) is 0 Å². The molecule has 3 heterocycles. The molecule has 0 saturated carbocycles. The first-order valence-electron chi connectivity index (χ1n) is 9.32. The van der Waals surface area contributed by atoms with Crippen molar-refractivity contribution in [3.8, 4) is 0 Å². The maximum absolute atomic E-state index is 12.4. The Bertz CT molecular complexity index is 1150. The summed E-state index contributed by atoms with van der Waals surface area (Å²) in [5.41, 5.74) is 4.28. The van der Waals surface area contributed by atoms with Gasteiger partial charge in [-0.05, 0) is 44.5 Å². The van der Waals surface area contributed by atoms with E-state index >= 15 is 0 Å². The lowest BCUT2D eigenvalue weighted by molar-refractivity contribution is 0.0993. The van der Waals surface area contributed by atoms with E-state index in [2.05, 4.69) is 26.6 Å². The summed E-state index contributed by atoms with van der Waals surface area (Å²) in [6, 6.07) is 13.6. The van der Waals surface area contributed by atoms with Gasteiger partial charge < -0.3 is 4.42 Å². The molecule has 0 saturated heterocycles. The van der Waals surface area contributed by atoms with E-state index in [-0.39, 0.29) is 11.7 Å². The molecule has 0 aliphatic heterocycles.